The van der Waals surface area contributed by atoms with E-state index in [1.165, 1.54) is 5.56 Å². The molecule has 6 nitrogen and oxygen atoms in total. The van der Waals surface area contributed by atoms with Gasteiger partial charge in [-0.1, -0.05) is 45.0 Å². The summed E-state index contributed by atoms with van der Waals surface area (Å²) in [5.74, 6) is 0.392. The number of carbonyl (C=O) groups excluding carboxylic acids is 2. The van der Waals surface area contributed by atoms with Crippen LogP contribution in [0.1, 0.15) is 57.1 Å². The summed E-state index contributed by atoms with van der Waals surface area (Å²) in [6, 6.07) is 8.15. The molecule has 1 unspecified atom stereocenters. The maximum absolute atomic E-state index is 12.5. The average molecular weight is 359 g/mol. The first-order chi connectivity index (χ1) is 12.4. The first-order valence-electron chi connectivity index (χ1n) is 9.54. The minimum Gasteiger partial charge on any atom is -0.343 e. The summed E-state index contributed by atoms with van der Waals surface area (Å²) in [7, 11) is 0. The molecule has 0 aliphatic carbocycles. The second-order valence-electron chi connectivity index (χ2n) is 7.50. The van der Waals surface area contributed by atoms with Crippen molar-refractivity contribution in [1.82, 2.24) is 15.5 Å². The van der Waals surface area contributed by atoms with E-state index in [4.69, 9.17) is 4.74 Å². The van der Waals surface area contributed by atoms with E-state index in [1.807, 2.05) is 19.1 Å². The lowest BCUT2D eigenvalue weighted by Crippen LogP contribution is -2.54. The Hall–Kier alpha value is -2.08. The molecule has 3 rings (SSSR count). The number of nitrogens with one attached hydrogen (secondary N) is 2. The first kappa shape index (κ1) is 18.7. The van der Waals surface area contributed by atoms with Crippen LogP contribution in [0, 0.1) is 0 Å². The van der Waals surface area contributed by atoms with E-state index < -0.39 is 5.72 Å². The summed E-state index contributed by atoms with van der Waals surface area (Å²) >= 11 is 0. The van der Waals surface area contributed by atoms with Crippen molar-refractivity contribution in [3.05, 3.63) is 35.4 Å². The fraction of sp³-hybridized carbons (Fsp3) is 0.600. The number of piperidine rings is 1. The Morgan fingerprint density at radius 1 is 1.35 bits per heavy atom. The van der Waals surface area contributed by atoms with Crippen molar-refractivity contribution in [2.24, 2.45) is 0 Å². The molecule has 2 aliphatic rings. The maximum atomic E-state index is 12.5. The van der Waals surface area contributed by atoms with Crippen molar-refractivity contribution < 1.29 is 14.3 Å². The minimum absolute atomic E-state index is 0.0318. The molecule has 26 heavy (non-hydrogen) atoms. The smallest absolute Gasteiger partial charge is 0.317 e. The highest BCUT2D eigenvalue weighted by atomic mass is 16.5. The standard InChI is InChI=1S/C20H29N3O3/c1-4-17-18(24)22-20(26-17)9-11-23(12-10-20)19(25)21-13-15-7-5-6-8-16(15)14(2)3/h5-8,14,17H,4,9-13H2,1-3H3,(H,21,25)(H,22,24). The van der Waals surface area contributed by atoms with E-state index in [9.17, 15) is 9.59 Å². The Labute approximate surface area is 155 Å². The van der Waals surface area contributed by atoms with Crippen molar-refractivity contribution in [1.29, 1.82) is 0 Å². The van der Waals surface area contributed by atoms with Crippen LogP contribution in [0.25, 0.3) is 0 Å². The van der Waals surface area contributed by atoms with Gasteiger partial charge in [-0.15, -0.1) is 0 Å². The van der Waals surface area contributed by atoms with Crippen molar-refractivity contribution in [3.8, 4) is 0 Å². The predicted molar refractivity (Wildman–Crippen MR) is 99.6 cm³/mol. The maximum Gasteiger partial charge on any atom is 0.317 e. The van der Waals surface area contributed by atoms with Gasteiger partial charge in [0.1, 0.15) is 11.8 Å². The van der Waals surface area contributed by atoms with Gasteiger partial charge in [-0.25, -0.2) is 4.79 Å². The SMILES string of the molecule is CCC1OC2(CCN(C(=O)NCc3ccccc3C(C)C)CC2)NC1=O. The van der Waals surface area contributed by atoms with Gasteiger partial charge in [-0.05, 0) is 23.5 Å². The molecule has 1 atom stereocenters. The number of benzene rings is 1. The number of carbonyl (C=O) groups is 2. The Balaban J connectivity index is 1.53. The topological polar surface area (TPSA) is 70.7 Å². The van der Waals surface area contributed by atoms with E-state index in [0.29, 0.717) is 44.8 Å². The van der Waals surface area contributed by atoms with Crippen molar-refractivity contribution >= 4 is 11.9 Å². The Kier molecular flexibility index (Phi) is 5.51. The van der Waals surface area contributed by atoms with Crippen molar-refractivity contribution in [2.45, 2.75) is 64.3 Å². The molecule has 2 fully saturated rings. The van der Waals surface area contributed by atoms with E-state index in [2.05, 4.69) is 36.6 Å². The number of rotatable bonds is 4. The summed E-state index contributed by atoms with van der Waals surface area (Å²) in [5.41, 5.74) is 1.83. The number of ether oxygens (including phenoxy) is 1. The number of urea groups is 1. The lowest BCUT2D eigenvalue weighted by Gasteiger charge is -2.38. The van der Waals surface area contributed by atoms with Crippen LogP contribution in [0.3, 0.4) is 0 Å². The van der Waals surface area contributed by atoms with Crippen LogP contribution in [0.15, 0.2) is 24.3 Å². The molecule has 2 aliphatic heterocycles. The summed E-state index contributed by atoms with van der Waals surface area (Å²) < 4.78 is 5.93. The molecular formula is C20H29N3O3. The average Bonchev–Trinajstić information content (AvgIpc) is 2.95. The van der Waals surface area contributed by atoms with Gasteiger partial charge in [0.15, 0.2) is 0 Å². The molecule has 1 aromatic carbocycles. The third-order valence-electron chi connectivity index (χ3n) is 5.35. The van der Waals surface area contributed by atoms with Gasteiger partial charge < -0.3 is 20.3 Å². The van der Waals surface area contributed by atoms with Crippen LogP contribution >= 0.6 is 0 Å². The molecule has 2 heterocycles. The highest BCUT2D eigenvalue weighted by Gasteiger charge is 2.46. The Bertz CT molecular complexity index is 666. The number of hydrogen-bond acceptors (Lipinski definition) is 3. The van der Waals surface area contributed by atoms with Gasteiger partial charge >= 0.3 is 6.03 Å². The fourth-order valence-corrected chi connectivity index (χ4v) is 3.78. The first-order valence-corrected chi connectivity index (χ1v) is 9.54. The molecule has 1 aromatic rings. The van der Waals surface area contributed by atoms with Crippen LogP contribution in [0.2, 0.25) is 0 Å². The summed E-state index contributed by atoms with van der Waals surface area (Å²) in [6.45, 7) is 7.94. The van der Waals surface area contributed by atoms with Crippen LogP contribution in [-0.2, 0) is 16.1 Å². The van der Waals surface area contributed by atoms with E-state index in [-0.39, 0.29) is 18.0 Å². The van der Waals surface area contributed by atoms with Gasteiger partial charge in [-0.3, -0.25) is 4.79 Å². The summed E-state index contributed by atoms with van der Waals surface area (Å²) in [4.78, 5) is 26.2. The number of nitrogens with zero attached hydrogens (tertiary/aromatic N) is 1. The molecule has 0 aromatic heterocycles. The largest absolute Gasteiger partial charge is 0.343 e. The molecule has 6 heteroatoms. The second-order valence-corrected chi connectivity index (χ2v) is 7.50. The molecule has 2 saturated heterocycles. The van der Waals surface area contributed by atoms with Crippen LogP contribution in [0.4, 0.5) is 4.79 Å². The Morgan fingerprint density at radius 2 is 2.04 bits per heavy atom. The molecule has 1 spiro atoms. The summed E-state index contributed by atoms with van der Waals surface area (Å²) in [6.07, 6.45) is 1.58. The zero-order chi connectivity index (χ0) is 18.7. The normalized spacial score (nSPS) is 21.9. The van der Waals surface area contributed by atoms with E-state index >= 15 is 0 Å². The minimum atomic E-state index is -0.585. The van der Waals surface area contributed by atoms with Gasteiger partial charge in [0.05, 0.1) is 0 Å². The number of amides is 3. The van der Waals surface area contributed by atoms with Crippen LogP contribution in [0.5, 0.6) is 0 Å². The predicted octanol–water partition coefficient (Wildman–Crippen LogP) is 2.74. The van der Waals surface area contributed by atoms with Gasteiger partial charge in [-0.2, -0.15) is 0 Å². The summed E-state index contributed by atoms with van der Waals surface area (Å²) in [5, 5.41) is 6.02. The van der Waals surface area contributed by atoms with Crippen LogP contribution < -0.4 is 10.6 Å². The zero-order valence-corrected chi connectivity index (χ0v) is 15.9. The molecule has 0 bridgehead atoms. The molecule has 142 valence electrons. The highest BCUT2D eigenvalue weighted by molar-refractivity contribution is 5.83. The Morgan fingerprint density at radius 3 is 2.65 bits per heavy atom. The lowest BCUT2D eigenvalue weighted by atomic mass is 9.97. The monoisotopic (exact) mass is 359 g/mol. The zero-order valence-electron chi connectivity index (χ0n) is 15.9. The molecule has 2 N–H and O–H groups in total. The lowest BCUT2D eigenvalue weighted by molar-refractivity contribution is -0.124. The molecule has 0 saturated carbocycles. The molecular weight excluding hydrogens is 330 g/mol. The van der Waals surface area contributed by atoms with Crippen molar-refractivity contribution in [3.63, 3.8) is 0 Å². The highest BCUT2D eigenvalue weighted by Crippen LogP contribution is 2.30. The third-order valence-corrected chi connectivity index (χ3v) is 5.35. The van der Waals surface area contributed by atoms with E-state index in [1.54, 1.807) is 4.90 Å². The fourth-order valence-electron chi connectivity index (χ4n) is 3.78. The van der Waals surface area contributed by atoms with E-state index in [0.717, 1.165) is 5.56 Å². The molecule has 0 radical (unpaired) electrons. The quantitative estimate of drug-likeness (QED) is 0.868. The second kappa shape index (κ2) is 7.66. The number of hydrogen-bond donors (Lipinski definition) is 2. The van der Waals surface area contributed by atoms with Crippen LogP contribution in [-0.4, -0.2) is 41.8 Å². The third kappa shape index (κ3) is 3.85. The van der Waals surface area contributed by atoms with Gasteiger partial charge in [0.25, 0.3) is 5.91 Å². The van der Waals surface area contributed by atoms with Crippen molar-refractivity contribution in [2.75, 3.05) is 13.1 Å². The molecule has 3 amide bonds. The van der Waals surface area contributed by atoms with Gasteiger partial charge in [0.2, 0.25) is 0 Å². The van der Waals surface area contributed by atoms with Gasteiger partial charge in [0, 0.05) is 32.5 Å². The number of likely N-dealkylation sites (tertiary alicyclic amines) is 1.